The minimum atomic E-state index is -1.30. The minimum Gasteiger partial charge on any atom is -0.405 e. The lowest BCUT2D eigenvalue weighted by molar-refractivity contribution is 0.0968. The van der Waals surface area contributed by atoms with Gasteiger partial charge in [-0.1, -0.05) is 36.2 Å². The number of carbonyl (C=O) groups excluding carboxylic acids is 1. The molecule has 2 fully saturated rings. The Kier molecular flexibility index (Phi) is 9.65. The van der Waals surface area contributed by atoms with Crippen LogP contribution < -0.4 is 27.0 Å². The number of pyridine rings is 2. The molecule has 3 aliphatic rings. The van der Waals surface area contributed by atoms with E-state index in [1.807, 2.05) is 4.90 Å². The second kappa shape index (κ2) is 13.6. The number of amides is 1. The van der Waals surface area contributed by atoms with E-state index in [-0.39, 0.29) is 40.1 Å². The summed E-state index contributed by atoms with van der Waals surface area (Å²) >= 11 is 6.12. The molecule has 12 heteroatoms. The monoisotopic (exact) mass is 622 g/mol. The molecule has 0 bridgehead atoms. The lowest BCUT2D eigenvalue weighted by Crippen LogP contribution is -2.55. The van der Waals surface area contributed by atoms with Gasteiger partial charge in [0.2, 0.25) is 0 Å². The zero-order valence-electron chi connectivity index (χ0n) is 24.6. The number of piperidine rings is 1. The van der Waals surface area contributed by atoms with Crippen molar-refractivity contribution in [3.63, 3.8) is 0 Å². The third-order valence-corrected chi connectivity index (χ3v) is 8.46. The number of benzene rings is 1. The van der Waals surface area contributed by atoms with Crippen LogP contribution in [-0.2, 0) is 5.41 Å². The molecule has 232 valence electrons. The number of likely N-dealkylation sites (tertiary alicyclic amines) is 1. The van der Waals surface area contributed by atoms with Gasteiger partial charge in [-0.05, 0) is 69.4 Å². The van der Waals surface area contributed by atoms with E-state index in [9.17, 15) is 4.79 Å². The number of nitrogens with two attached hydrogens (primary N) is 2. The number of carbonyl (C=O) groups is 1. The van der Waals surface area contributed by atoms with Gasteiger partial charge in [-0.3, -0.25) is 9.69 Å². The number of aromatic nitrogens is 2. The summed E-state index contributed by atoms with van der Waals surface area (Å²) in [4.78, 5) is 25.4. The van der Waals surface area contributed by atoms with Crippen molar-refractivity contribution in [2.24, 2.45) is 11.5 Å². The Morgan fingerprint density at radius 1 is 1.11 bits per heavy atom. The van der Waals surface area contributed by atoms with Crippen LogP contribution in [0.5, 0.6) is 0 Å². The highest BCUT2D eigenvalue weighted by molar-refractivity contribution is 6.30. The van der Waals surface area contributed by atoms with E-state index >= 15 is 8.78 Å². The van der Waals surface area contributed by atoms with Crippen LogP contribution in [-0.4, -0.2) is 59.5 Å². The number of hydrogen-bond acceptors (Lipinski definition) is 8. The molecule has 5 heterocycles. The fourth-order valence-electron chi connectivity index (χ4n) is 5.79. The van der Waals surface area contributed by atoms with Gasteiger partial charge in [-0.25, -0.2) is 18.7 Å². The number of nitrogens with one attached hydrogen (secondary N) is 2. The molecule has 0 spiro atoms. The first-order valence-electron chi connectivity index (χ1n) is 14.7. The molecule has 0 unspecified atom stereocenters. The van der Waals surface area contributed by atoms with Gasteiger partial charge in [0.25, 0.3) is 5.91 Å². The summed E-state index contributed by atoms with van der Waals surface area (Å²) in [6.45, 7) is 5.18. The van der Waals surface area contributed by atoms with Crippen LogP contribution in [0.2, 0.25) is 5.02 Å². The fraction of sp³-hybridized carbons (Fsp3) is 0.344. The number of nitrogens with zero attached hydrogens (tertiary/aromatic N) is 4. The smallest absolute Gasteiger partial charge is 0.261 e. The van der Waals surface area contributed by atoms with Gasteiger partial charge in [-0.15, -0.1) is 0 Å². The van der Waals surface area contributed by atoms with Gasteiger partial charge < -0.3 is 27.0 Å². The first-order valence-corrected chi connectivity index (χ1v) is 15.0. The topological polar surface area (TPSA) is 125 Å². The first-order chi connectivity index (χ1) is 21.2. The normalized spacial score (nSPS) is 20.5. The quantitative estimate of drug-likeness (QED) is 0.296. The Hall–Kier alpha value is -4.22. The number of allylic oxidation sites excluding steroid dienone is 2. The van der Waals surface area contributed by atoms with Crippen molar-refractivity contribution in [3.05, 3.63) is 106 Å². The summed E-state index contributed by atoms with van der Waals surface area (Å²) in [5.74, 6) is -0.988. The molecule has 1 amide bonds. The molecule has 3 aliphatic heterocycles. The van der Waals surface area contributed by atoms with Crippen LogP contribution in [0.25, 0.3) is 0 Å². The van der Waals surface area contributed by atoms with Crippen LogP contribution in [0, 0.1) is 11.6 Å². The molecule has 6 rings (SSSR count). The predicted octanol–water partition coefficient (Wildman–Crippen LogP) is 4.50. The summed E-state index contributed by atoms with van der Waals surface area (Å²) in [5.41, 5.74) is 10.3. The molecule has 0 radical (unpaired) electrons. The first kappa shape index (κ1) is 31.2. The van der Waals surface area contributed by atoms with Crippen LogP contribution in [0.3, 0.4) is 0 Å². The van der Waals surface area contributed by atoms with Crippen LogP contribution >= 0.6 is 11.6 Å². The highest BCUT2D eigenvalue weighted by Gasteiger charge is 2.47. The standard InChI is InChI=1S/C27H26ClF2N7O.C5H11N/c1-27(18-6-4-7-19(28)23(18)29)15-37(21-9-2-3-11-33-21)26(38)17-12-34-25(24(30)22(17)27)35-16-13-36(14-16)20(32)8-5-10-31;1-2-4-6-5-3-1/h2-12,16H,13-15,31-32H2,1H3,(H,34,35);6H,1-5H2/b10-5-,20-8+;/t27-;/m1./s1. The van der Waals surface area contributed by atoms with Crippen molar-refractivity contribution in [2.45, 2.75) is 37.6 Å². The van der Waals surface area contributed by atoms with Gasteiger partial charge in [0.15, 0.2) is 11.6 Å². The number of anilines is 2. The van der Waals surface area contributed by atoms with Crippen molar-refractivity contribution in [1.29, 1.82) is 0 Å². The van der Waals surface area contributed by atoms with E-state index in [2.05, 4.69) is 20.6 Å². The van der Waals surface area contributed by atoms with E-state index in [4.69, 9.17) is 23.1 Å². The lowest BCUT2D eigenvalue weighted by Gasteiger charge is -2.43. The van der Waals surface area contributed by atoms with Gasteiger partial charge in [-0.2, -0.15) is 0 Å². The van der Waals surface area contributed by atoms with Gasteiger partial charge in [0, 0.05) is 48.6 Å². The molecule has 1 aromatic carbocycles. The second-order valence-corrected chi connectivity index (χ2v) is 11.7. The molecule has 0 aliphatic carbocycles. The molecule has 1 atom stereocenters. The Bertz CT molecular complexity index is 1530. The number of hydrogen-bond donors (Lipinski definition) is 4. The van der Waals surface area contributed by atoms with E-state index < -0.39 is 23.0 Å². The van der Waals surface area contributed by atoms with E-state index in [0.29, 0.717) is 24.7 Å². The summed E-state index contributed by atoms with van der Waals surface area (Å²) in [5, 5.41) is 6.29. The molecule has 9 nitrogen and oxygen atoms in total. The molecule has 44 heavy (non-hydrogen) atoms. The summed E-state index contributed by atoms with van der Waals surface area (Å²) in [6.07, 6.45) is 11.8. The van der Waals surface area contributed by atoms with Crippen molar-refractivity contribution < 1.29 is 13.6 Å². The maximum atomic E-state index is 16.3. The zero-order valence-corrected chi connectivity index (χ0v) is 25.3. The van der Waals surface area contributed by atoms with E-state index in [1.54, 1.807) is 55.6 Å². The number of halogens is 3. The van der Waals surface area contributed by atoms with Gasteiger partial charge in [0.1, 0.15) is 11.6 Å². The summed E-state index contributed by atoms with van der Waals surface area (Å²) in [7, 11) is 0. The van der Waals surface area contributed by atoms with Crippen molar-refractivity contribution in [3.8, 4) is 0 Å². The van der Waals surface area contributed by atoms with Crippen molar-refractivity contribution in [1.82, 2.24) is 20.2 Å². The van der Waals surface area contributed by atoms with Crippen LogP contribution in [0.15, 0.2) is 73.0 Å². The average molecular weight is 623 g/mol. The molecule has 2 aromatic heterocycles. The highest BCUT2D eigenvalue weighted by atomic mass is 35.5. The maximum absolute atomic E-state index is 16.3. The molecular formula is C32H37ClF2N8O. The largest absolute Gasteiger partial charge is 0.405 e. The second-order valence-electron chi connectivity index (χ2n) is 11.3. The molecule has 3 aromatic rings. The highest BCUT2D eigenvalue weighted by Crippen LogP contribution is 2.44. The Morgan fingerprint density at radius 2 is 1.89 bits per heavy atom. The number of fused-ring (bicyclic) bond motifs is 1. The van der Waals surface area contributed by atoms with Crippen LogP contribution in [0.1, 0.15) is 47.7 Å². The van der Waals surface area contributed by atoms with E-state index in [0.717, 1.165) is 0 Å². The third kappa shape index (κ3) is 6.34. The molecule has 6 N–H and O–H groups in total. The van der Waals surface area contributed by atoms with Gasteiger partial charge >= 0.3 is 0 Å². The number of rotatable bonds is 6. The molecule has 0 saturated carbocycles. The zero-order chi connectivity index (χ0) is 31.3. The Labute approximate surface area is 261 Å². The van der Waals surface area contributed by atoms with Gasteiger partial charge in [0.05, 0.1) is 22.4 Å². The van der Waals surface area contributed by atoms with Crippen molar-refractivity contribution in [2.75, 3.05) is 42.9 Å². The van der Waals surface area contributed by atoms with Crippen LogP contribution in [0.4, 0.5) is 20.4 Å². The SMILES string of the molecule is C1CCNCC1.C[C@]1(c2cccc(Cl)c2F)CN(c2ccccn2)C(=O)c2cnc(NC3CN(/C(N)=C/C=C\N)C3)c(F)c21. The molecular weight excluding hydrogens is 586 g/mol. The van der Waals surface area contributed by atoms with E-state index in [1.165, 1.54) is 55.7 Å². The summed E-state index contributed by atoms with van der Waals surface area (Å²) in [6, 6.07) is 9.58. The Balaban J connectivity index is 0.000000573. The fourth-order valence-corrected chi connectivity index (χ4v) is 5.96. The maximum Gasteiger partial charge on any atom is 0.261 e. The predicted molar refractivity (Wildman–Crippen MR) is 169 cm³/mol. The Morgan fingerprint density at radius 3 is 2.52 bits per heavy atom. The lowest BCUT2D eigenvalue weighted by atomic mass is 9.71. The molecule has 2 saturated heterocycles. The third-order valence-electron chi connectivity index (χ3n) is 8.17. The minimum absolute atomic E-state index is 0.0226. The van der Waals surface area contributed by atoms with Crippen molar-refractivity contribution >= 4 is 29.1 Å². The summed E-state index contributed by atoms with van der Waals surface area (Å²) < 4.78 is 31.7. The average Bonchev–Trinajstić information content (AvgIpc) is 3.02.